The van der Waals surface area contributed by atoms with E-state index in [4.69, 9.17) is 0 Å². The third-order valence-electron chi connectivity index (χ3n) is 2.25. The first-order valence-corrected chi connectivity index (χ1v) is 5.81. The summed E-state index contributed by atoms with van der Waals surface area (Å²) in [5.41, 5.74) is 3.94. The van der Waals surface area contributed by atoms with Crippen LogP contribution in [0.15, 0.2) is 53.4 Å². The highest BCUT2D eigenvalue weighted by atomic mass is 32.1. The van der Waals surface area contributed by atoms with Gasteiger partial charge in [0.2, 0.25) is 0 Å². The molecular weight excluding hydrogens is 212 g/mol. The van der Waals surface area contributed by atoms with Gasteiger partial charge in [0.15, 0.2) is 0 Å². The third kappa shape index (κ3) is 5.04. The minimum Gasteiger partial charge on any atom is -0.143 e. The van der Waals surface area contributed by atoms with E-state index in [1.54, 1.807) is 0 Å². The fraction of sp³-hybridized carbons (Fsp3) is 0.200. The average Bonchev–Trinajstić information content (AvgIpc) is 2.28. The Morgan fingerprint density at radius 3 is 1.06 bits per heavy atom. The van der Waals surface area contributed by atoms with Gasteiger partial charge in [0.1, 0.15) is 0 Å². The summed E-state index contributed by atoms with van der Waals surface area (Å²) in [7, 11) is 0. The molecular formula is C15H18S. The lowest BCUT2D eigenvalue weighted by Crippen LogP contribution is -1.70. The molecule has 84 valence electrons. The van der Waals surface area contributed by atoms with Crippen LogP contribution in [0.25, 0.3) is 0 Å². The Balaban J connectivity index is 0.000000160. The van der Waals surface area contributed by atoms with E-state index in [-0.39, 0.29) is 0 Å². The summed E-state index contributed by atoms with van der Waals surface area (Å²) in [6, 6.07) is 16.5. The highest BCUT2D eigenvalue weighted by Crippen LogP contribution is 2.05. The first-order chi connectivity index (χ1) is 7.58. The maximum absolute atomic E-state index is 4.13. The Bertz CT molecular complexity index is 327. The molecule has 0 fully saturated rings. The topological polar surface area (TPSA) is 0 Å². The number of rotatable bonds is 0. The maximum Gasteiger partial charge on any atom is 0.00401 e. The molecule has 0 unspecified atom stereocenters. The van der Waals surface area contributed by atoms with Crippen molar-refractivity contribution in [3.8, 4) is 0 Å². The van der Waals surface area contributed by atoms with E-state index in [1.165, 1.54) is 16.7 Å². The van der Waals surface area contributed by atoms with Crippen molar-refractivity contribution in [3.05, 3.63) is 65.2 Å². The summed E-state index contributed by atoms with van der Waals surface area (Å²) in [5.74, 6) is 0. The van der Waals surface area contributed by atoms with Crippen molar-refractivity contribution in [1.29, 1.82) is 0 Å². The van der Waals surface area contributed by atoms with E-state index in [0.29, 0.717) is 0 Å². The van der Waals surface area contributed by atoms with Gasteiger partial charge in [-0.3, -0.25) is 0 Å². The summed E-state index contributed by atoms with van der Waals surface area (Å²) in [5, 5.41) is 0. The zero-order valence-electron chi connectivity index (χ0n) is 10.1. The highest BCUT2D eigenvalue weighted by molar-refractivity contribution is 7.80. The van der Waals surface area contributed by atoms with Crippen molar-refractivity contribution in [3.63, 3.8) is 0 Å². The molecule has 1 heteroatoms. The lowest BCUT2D eigenvalue weighted by Gasteiger charge is -1.90. The quantitative estimate of drug-likeness (QED) is 0.629. The zero-order valence-corrected chi connectivity index (χ0v) is 11.0. The zero-order chi connectivity index (χ0) is 12.0. The molecule has 0 heterocycles. The largest absolute Gasteiger partial charge is 0.143 e. The first-order valence-electron chi connectivity index (χ1n) is 5.37. The lowest BCUT2D eigenvalue weighted by atomic mass is 10.2. The van der Waals surface area contributed by atoms with Crippen LogP contribution in [0.4, 0.5) is 0 Å². The third-order valence-corrected chi connectivity index (χ3v) is 2.55. The molecule has 0 saturated heterocycles. The number of hydrogen-bond acceptors (Lipinski definition) is 1. The summed E-state index contributed by atoms with van der Waals surface area (Å²) < 4.78 is 0. The van der Waals surface area contributed by atoms with Gasteiger partial charge in [-0.2, -0.15) is 0 Å². The minimum absolute atomic E-state index is 1.02. The van der Waals surface area contributed by atoms with Crippen molar-refractivity contribution in [2.24, 2.45) is 0 Å². The van der Waals surface area contributed by atoms with Crippen LogP contribution in [0, 0.1) is 20.8 Å². The van der Waals surface area contributed by atoms with Gasteiger partial charge < -0.3 is 0 Å². The van der Waals surface area contributed by atoms with E-state index in [2.05, 4.69) is 57.7 Å². The van der Waals surface area contributed by atoms with Crippen LogP contribution in [0.1, 0.15) is 16.7 Å². The predicted molar refractivity (Wildman–Crippen MR) is 74.3 cm³/mol. The molecule has 0 nitrogen and oxygen atoms in total. The minimum atomic E-state index is 1.02. The normalized spacial score (nSPS) is 9.25. The molecule has 0 aromatic heterocycles. The van der Waals surface area contributed by atoms with Crippen molar-refractivity contribution < 1.29 is 0 Å². The second-order valence-electron chi connectivity index (χ2n) is 3.99. The van der Waals surface area contributed by atoms with Crippen LogP contribution in [0.2, 0.25) is 0 Å². The van der Waals surface area contributed by atoms with Gasteiger partial charge in [0.25, 0.3) is 0 Å². The summed E-state index contributed by atoms with van der Waals surface area (Å²) >= 11 is 4.13. The molecule has 2 aromatic rings. The molecule has 0 N–H and O–H groups in total. The van der Waals surface area contributed by atoms with Crippen LogP contribution >= 0.6 is 12.6 Å². The van der Waals surface area contributed by atoms with Gasteiger partial charge in [-0.05, 0) is 32.9 Å². The summed E-state index contributed by atoms with van der Waals surface area (Å²) in [6.45, 7) is 6.26. The first kappa shape index (κ1) is 12.9. The van der Waals surface area contributed by atoms with Crippen LogP contribution < -0.4 is 0 Å². The van der Waals surface area contributed by atoms with Gasteiger partial charge in [-0.25, -0.2) is 0 Å². The van der Waals surface area contributed by atoms with E-state index in [1.807, 2.05) is 24.3 Å². The van der Waals surface area contributed by atoms with E-state index in [0.717, 1.165) is 4.90 Å². The molecule has 0 aliphatic rings. The van der Waals surface area contributed by atoms with Crippen LogP contribution in [0.3, 0.4) is 0 Å². The van der Waals surface area contributed by atoms with Crippen molar-refractivity contribution in [2.45, 2.75) is 25.7 Å². The second-order valence-corrected chi connectivity index (χ2v) is 4.51. The van der Waals surface area contributed by atoms with Gasteiger partial charge in [0, 0.05) is 4.90 Å². The molecule has 0 radical (unpaired) electrons. The Morgan fingerprint density at radius 1 is 0.562 bits per heavy atom. The lowest BCUT2D eigenvalue weighted by molar-refractivity contribution is 1.39. The van der Waals surface area contributed by atoms with Crippen molar-refractivity contribution in [2.75, 3.05) is 0 Å². The van der Waals surface area contributed by atoms with Gasteiger partial charge in [-0.15, -0.1) is 12.6 Å². The average molecular weight is 230 g/mol. The molecule has 0 atom stereocenters. The summed E-state index contributed by atoms with van der Waals surface area (Å²) in [6.07, 6.45) is 0. The molecule has 0 amide bonds. The van der Waals surface area contributed by atoms with Crippen LogP contribution in [-0.2, 0) is 0 Å². The standard InChI is InChI=1S/C8H10.C7H8S/c1-7-3-5-8(2)6-4-7;1-6-2-4-7(8)5-3-6/h3-6H,1-2H3;2-5,8H,1H3. The fourth-order valence-corrected chi connectivity index (χ4v) is 1.33. The van der Waals surface area contributed by atoms with E-state index in [9.17, 15) is 0 Å². The molecule has 2 rings (SSSR count). The Kier molecular flexibility index (Phi) is 5.13. The van der Waals surface area contributed by atoms with Gasteiger partial charge >= 0.3 is 0 Å². The van der Waals surface area contributed by atoms with Gasteiger partial charge in [-0.1, -0.05) is 53.1 Å². The molecule has 0 aliphatic carbocycles. The van der Waals surface area contributed by atoms with Crippen LogP contribution in [-0.4, -0.2) is 0 Å². The van der Waals surface area contributed by atoms with Crippen molar-refractivity contribution in [1.82, 2.24) is 0 Å². The maximum atomic E-state index is 4.13. The number of thiol groups is 1. The Morgan fingerprint density at radius 2 is 0.812 bits per heavy atom. The Hall–Kier alpha value is -1.21. The number of aryl methyl sites for hydroxylation is 3. The predicted octanol–water partition coefficient (Wildman–Crippen LogP) is 4.59. The molecule has 0 aliphatic heterocycles. The van der Waals surface area contributed by atoms with Crippen LogP contribution in [0.5, 0.6) is 0 Å². The molecule has 0 saturated carbocycles. The smallest absolute Gasteiger partial charge is 0.00401 e. The summed E-state index contributed by atoms with van der Waals surface area (Å²) in [4.78, 5) is 1.02. The number of benzene rings is 2. The fourth-order valence-electron chi connectivity index (χ4n) is 1.18. The second kappa shape index (κ2) is 6.39. The van der Waals surface area contributed by atoms with E-state index < -0.39 is 0 Å². The highest BCUT2D eigenvalue weighted by Gasteiger charge is 1.81. The number of hydrogen-bond donors (Lipinski definition) is 1. The molecule has 16 heavy (non-hydrogen) atoms. The van der Waals surface area contributed by atoms with Crippen molar-refractivity contribution >= 4 is 12.6 Å². The molecule has 2 aromatic carbocycles. The Labute approximate surface area is 104 Å². The van der Waals surface area contributed by atoms with Gasteiger partial charge in [0.05, 0.1) is 0 Å². The molecule has 0 spiro atoms. The molecule has 0 bridgehead atoms. The van der Waals surface area contributed by atoms with E-state index >= 15 is 0 Å². The monoisotopic (exact) mass is 230 g/mol. The SMILES string of the molecule is Cc1ccc(C)cc1.Cc1ccc(S)cc1.